The predicted octanol–water partition coefficient (Wildman–Crippen LogP) is 5.48. The Kier molecular flexibility index (Phi) is 7.16. The van der Waals surface area contributed by atoms with Gasteiger partial charge in [-0.05, 0) is 61.6 Å². The highest BCUT2D eigenvalue weighted by molar-refractivity contribution is 6.33. The Labute approximate surface area is 241 Å². The van der Waals surface area contributed by atoms with Crippen molar-refractivity contribution in [2.75, 3.05) is 11.1 Å². The molecule has 2 atom stereocenters. The van der Waals surface area contributed by atoms with Crippen LogP contribution < -0.4 is 22.2 Å². The first kappa shape index (κ1) is 28.1. The molecule has 220 valence electrons. The molecule has 3 aromatic heterocycles. The van der Waals surface area contributed by atoms with E-state index in [4.69, 9.17) is 17.3 Å². The maximum absolute atomic E-state index is 15.3. The van der Waals surface area contributed by atoms with Crippen molar-refractivity contribution in [3.8, 4) is 11.4 Å². The molecule has 2 aliphatic rings. The van der Waals surface area contributed by atoms with E-state index in [0.29, 0.717) is 36.9 Å². The number of aromatic amines is 1. The molecule has 0 unspecified atom stereocenters. The van der Waals surface area contributed by atoms with Crippen molar-refractivity contribution in [1.29, 1.82) is 0 Å². The molecule has 0 bridgehead atoms. The fourth-order valence-electron chi connectivity index (χ4n) is 5.73. The lowest BCUT2D eigenvalue weighted by Gasteiger charge is -2.31. The Balaban J connectivity index is 1.23. The SMILES string of the molecule is Nc1nc(-c2cc3ccn(C[C@@H]4CCC[C@H](Nc5cn[nH]c(=O)c5C(F)(F)F)C4)c(=O)c3cc2F)nc(C2CC2)c1Cl. The molecule has 42 heavy (non-hydrogen) atoms. The lowest BCUT2D eigenvalue weighted by atomic mass is 9.85. The number of nitrogens with one attached hydrogen (secondary N) is 2. The Morgan fingerprint density at radius 3 is 2.67 bits per heavy atom. The van der Waals surface area contributed by atoms with Crippen LogP contribution >= 0.6 is 11.6 Å². The number of halogens is 5. The number of rotatable bonds is 6. The summed E-state index contributed by atoms with van der Waals surface area (Å²) in [6, 6.07) is 4.04. The summed E-state index contributed by atoms with van der Waals surface area (Å²) < 4.78 is 57.2. The largest absolute Gasteiger partial charge is 0.423 e. The summed E-state index contributed by atoms with van der Waals surface area (Å²) in [5.41, 5.74) is 3.29. The Hall–Kier alpha value is -4.00. The average Bonchev–Trinajstić information content (AvgIpc) is 3.77. The van der Waals surface area contributed by atoms with Crippen molar-refractivity contribution in [2.24, 2.45) is 5.92 Å². The second-order valence-corrected chi connectivity index (χ2v) is 11.3. The number of benzene rings is 1. The van der Waals surface area contributed by atoms with E-state index in [2.05, 4.69) is 20.4 Å². The van der Waals surface area contributed by atoms with Crippen LogP contribution in [0.25, 0.3) is 22.2 Å². The van der Waals surface area contributed by atoms with Gasteiger partial charge in [0.05, 0.1) is 28.5 Å². The summed E-state index contributed by atoms with van der Waals surface area (Å²) >= 11 is 6.27. The van der Waals surface area contributed by atoms with E-state index in [1.165, 1.54) is 10.6 Å². The van der Waals surface area contributed by atoms with E-state index < -0.39 is 23.1 Å². The van der Waals surface area contributed by atoms with Gasteiger partial charge in [-0.15, -0.1) is 0 Å². The normalized spacial score (nSPS) is 19.3. The lowest BCUT2D eigenvalue weighted by Crippen LogP contribution is -2.33. The number of anilines is 2. The fourth-order valence-corrected chi connectivity index (χ4v) is 5.97. The van der Waals surface area contributed by atoms with Crippen LogP contribution in [0, 0.1) is 11.7 Å². The van der Waals surface area contributed by atoms with E-state index in [9.17, 15) is 22.8 Å². The Morgan fingerprint density at radius 2 is 1.93 bits per heavy atom. The Morgan fingerprint density at radius 1 is 1.14 bits per heavy atom. The maximum atomic E-state index is 15.3. The monoisotopic (exact) mass is 603 g/mol. The van der Waals surface area contributed by atoms with Crippen LogP contribution in [0.5, 0.6) is 0 Å². The van der Waals surface area contributed by atoms with E-state index in [1.54, 1.807) is 12.3 Å². The minimum atomic E-state index is -4.84. The van der Waals surface area contributed by atoms with Crippen LogP contribution in [-0.4, -0.2) is 30.8 Å². The van der Waals surface area contributed by atoms with Crippen molar-refractivity contribution in [3.63, 3.8) is 0 Å². The van der Waals surface area contributed by atoms with Crippen LogP contribution in [-0.2, 0) is 12.7 Å². The van der Waals surface area contributed by atoms with Gasteiger partial charge in [-0.25, -0.2) is 19.5 Å². The minimum absolute atomic E-state index is 0.0360. The van der Waals surface area contributed by atoms with E-state index in [1.807, 2.05) is 5.10 Å². The number of hydrogen-bond donors (Lipinski definition) is 3. The van der Waals surface area contributed by atoms with Crippen LogP contribution in [0.4, 0.5) is 29.1 Å². The highest BCUT2D eigenvalue weighted by Gasteiger charge is 2.38. The summed E-state index contributed by atoms with van der Waals surface area (Å²) in [5, 5.41) is 9.14. The van der Waals surface area contributed by atoms with Crippen LogP contribution in [0.2, 0.25) is 5.02 Å². The van der Waals surface area contributed by atoms with Gasteiger partial charge in [-0.2, -0.15) is 18.3 Å². The molecule has 14 heteroatoms. The molecule has 0 spiro atoms. The molecule has 0 radical (unpaired) electrons. The van der Waals surface area contributed by atoms with Crippen molar-refractivity contribution in [1.82, 2.24) is 24.7 Å². The smallest absolute Gasteiger partial charge is 0.382 e. The van der Waals surface area contributed by atoms with Crippen LogP contribution in [0.1, 0.15) is 55.7 Å². The van der Waals surface area contributed by atoms with E-state index in [-0.39, 0.29) is 56.7 Å². The average molecular weight is 604 g/mol. The zero-order chi connectivity index (χ0) is 29.8. The minimum Gasteiger partial charge on any atom is -0.382 e. The number of pyridine rings is 1. The highest BCUT2D eigenvalue weighted by atomic mass is 35.5. The molecule has 0 amide bonds. The molecular formula is C28H26ClF4N7O2. The summed E-state index contributed by atoms with van der Waals surface area (Å²) in [4.78, 5) is 33.8. The van der Waals surface area contributed by atoms with Crippen molar-refractivity contribution < 1.29 is 17.6 Å². The third-order valence-corrected chi connectivity index (χ3v) is 8.30. The number of hydrogen-bond acceptors (Lipinski definition) is 7. The molecule has 0 saturated heterocycles. The third kappa shape index (κ3) is 5.44. The standard InChI is InChI=1S/C28H26ClF4N7O2/c29-22-23(14-4-5-14)37-25(38-24(22)34)18-9-15-6-7-40(27(42)17(15)10-19(18)30)12-13-2-1-3-16(8-13)36-20-11-35-39-26(41)21(20)28(31,32)33/h6-7,9-11,13-14,16H,1-5,8,12H2,(H2,34,37,38)(H2,36,39,41)/t13-,16+/m1/s1. The van der Waals surface area contributed by atoms with E-state index >= 15 is 4.39 Å². The molecule has 9 nitrogen and oxygen atoms in total. The van der Waals surface area contributed by atoms with Crippen molar-refractivity contribution >= 4 is 33.9 Å². The van der Waals surface area contributed by atoms with Crippen molar-refractivity contribution in [2.45, 2.75) is 63.2 Å². The van der Waals surface area contributed by atoms with Gasteiger partial charge < -0.3 is 15.6 Å². The number of nitrogens with two attached hydrogens (primary N) is 1. The summed E-state index contributed by atoms with van der Waals surface area (Å²) in [7, 11) is 0. The molecule has 2 saturated carbocycles. The lowest BCUT2D eigenvalue weighted by molar-refractivity contribution is -0.138. The number of nitrogens with zero attached hydrogens (tertiary/aromatic N) is 4. The summed E-state index contributed by atoms with van der Waals surface area (Å²) in [5.74, 6) is -0.359. The number of H-pyrrole nitrogens is 1. The van der Waals surface area contributed by atoms with Gasteiger partial charge in [0.15, 0.2) is 5.82 Å². The summed E-state index contributed by atoms with van der Waals surface area (Å²) in [6.45, 7) is 0.303. The molecule has 6 rings (SSSR count). The number of fused-ring (bicyclic) bond motifs is 1. The van der Waals surface area contributed by atoms with Gasteiger partial charge in [-0.1, -0.05) is 18.0 Å². The predicted molar refractivity (Wildman–Crippen MR) is 150 cm³/mol. The highest BCUT2D eigenvalue weighted by Crippen LogP contribution is 2.44. The number of nitrogen functional groups attached to an aromatic ring is 1. The maximum Gasteiger partial charge on any atom is 0.423 e. The Bertz CT molecular complexity index is 1800. The van der Waals surface area contributed by atoms with Gasteiger partial charge in [0.2, 0.25) is 0 Å². The zero-order valence-electron chi connectivity index (χ0n) is 22.1. The first-order valence-corrected chi connectivity index (χ1v) is 13.9. The quantitative estimate of drug-likeness (QED) is 0.249. The third-order valence-electron chi connectivity index (χ3n) is 7.91. The molecule has 2 fully saturated rings. The second-order valence-electron chi connectivity index (χ2n) is 11.0. The van der Waals surface area contributed by atoms with Gasteiger partial charge >= 0.3 is 6.18 Å². The second kappa shape index (κ2) is 10.7. The van der Waals surface area contributed by atoms with Gasteiger partial charge in [0, 0.05) is 24.7 Å². The topological polar surface area (TPSA) is 132 Å². The van der Waals surface area contributed by atoms with E-state index in [0.717, 1.165) is 31.5 Å². The molecular weight excluding hydrogens is 578 g/mol. The molecule has 1 aromatic carbocycles. The zero-order valence-corrected chi connectivity index (χ0v) is 22.9. The van der Waals surface area contributed by atoms with Gasteiger partial charge in [-0.3, -0.25) is 9.59 Å². The first-order valence-electron chi connectivity index (χ1n) is 13.6. The molecule has 4 aromatic rings. The number of aromatic nitrogens is 5. The molecule has 2 aliphatic carbocycles. The van der Waals surface area contributed by atoms with Gasteiger partial charge in [0.1, 0.15) is 22.2 Å². The van der Waals surface area contributed by atoms with Crippen LogP contribution in [0.15, 0.2) is 40.2 Å². The fraction of sp³-hybridized carbons (Fsp3) is 0.393. The van der Waals surface area contributed by atoms with Gasteiger partial charge in [0.25, 0.3) is 11.1 Å². The van der Waals surface area contributed by atoms with Crippen molar-refractivity contribution in [3.05, 3.63) is 73.4 Å². The molecule has 0 aliphatic heterocycles. The number of alkyl halides is 3. The molecule has 4 N–H and O–H groups in total. The molecule has 3 heterocycles. The van der Waals surface area contributed by atoms with Crippen LogP contribution in [0.3, 0.4) is 0 Å². The summed E-state index contributed by atoms with van der Waals surface area (Å²) in [6.07, 6.45) is 2.13. The first-order chi connectivity index (χ1) is 20.0.